The smallest absolute Gasteiger partial charge is 0.320 e. The van der Waals surface area contributed by atoms with Crippen molar-refractivity contribution in [3.8, 4) is 0 Å². The van der Waals surface area contributed by atoms with Crippen LogP contribution in [0.3, 0.4) is 0 Å². The Morgan fingerprint density at radius 2 is 2.30 bits per heavy atom. The lowest BCUT2D eigenvalue weighted by atomic mass is 10.2. The summed E-state index contributed by atoms with van der Waals surface area (Å²) in [5.74, 6) is -1.41. The Morgan fingerprint density at radius 1 is 1.55 bits per heavy atom. The van der Waals surface area contributed by atoms with Crippen molar-refractivity contribution in [2.45, 2.75) is 19.0 Å². The topological polar surface area (TPSA) is 94.0 Å². The molecule has 3 N–H and O–H groups in total. The molecule has 1 aromatic carbocycles. The lowest BCUT2D eigenvalue weighted by Crippen LogP contribution is -2.32. The average molecular weight is 343 g/mol. The molecular formula is C12H12BrFN4O2. The Labute approximate surface area is 122 Å². The fourth-order valence-electron chi connectivity index (χ4n) is 1.65. The molecule has 1 aromatic heterocycles. The molecule has 2 rings (SSSR count). The van der Waals surface area contributed by atoms with E-state index in [0.717, 1.165) is 5.56 Å². The van der Waals surface area contributed by atoms with E-state index in [0.29, 0.717) is 16.7 Å². The first-order valence-corrected chi connectivity index (χ1v) is 6.56. The number of nitrogens with two attached hydrogens (primary N) is 1. The van der Waals surface area contributed by atoms with Gasteiger partial charge in [-0.15, -0.1) is 5.10 Å². The molecule has 1 unspecified atom stereocenters. The molecule has 0 fully saturated rings. The van der Waals surface area contributed by atoms with E-state index in [4.69, 9.17) is 10.8 Å². The second-order valence-electron chi connectivity index (χ2n) is 4.30. The van der Waals surface area contributed by atoms with Crippen molar-refractivity contribution in [3.63, 3.8) is 0 Å². The zero-order valence-electron chi connectivity index (χ0n) is 10.3. The van der Waals surface area contributed by atoms with Crippen molar-refractivity contribution in [2.75, 3.05) is 0 Å². The maximum absolute atomic E-state index is 13.1. The SMILES string of the molecule is NC(Cc1cn(Cc2ccc(F)c(Br)c2)nn1)C(=O)O. The molecule has 0 saturated carbocycles. The second-order valence-corrected chi connectivity index (χ2v) is 5.16. The summed E-state index contributed by atoms with van der Waals surface area (Å²) < 4.78 is 15.0. The van der Waals surface area contributed by atoms with Gasteiger partial charge in [0.25, 0.3) is 0 Å². The first-order valence-electron chi connectivity index (χ1n) is 5.77. The van der Waals surface area contributed by atoms with Gasteiger partial charge in [0.2, 0.25) is 0 Å². The summed E-state index contributed by atoms with van der Waals surface area (Å²) in [7, 11) is 0. The highest BCUT2D eigenvalue weighted by atomic mass is 79.9. The van der Waals surface area contributed by atoms with E-state index in [9.17, 15) is 9.18 Å². The van der Waals surface area contributed by atoms with Crippen molar-refractivity contribution >= 4 is 21.9 Å². The number of nitrogens with zero attached hydrogens (tertiary/aromatic N) is 3. The molecule has 0 saturated heterocycles. The zero-order valence-corrected chi connectivity index (χ0v) is 11.9. The first-order chi connectivity index (χ1) is 9.45. The maximum atomic E-state index is 13.1. The second kappa shape index (κ2) is 6.10. The number of aliphatic carboxylic acids is 1. The zero-order chi connectivity index (χ0) is 14.7. The minimum Gasteiger partial charge on any atom is -0.480 e. The average Bonchev–Trinajstić information content (AvgIpc) is 2.81. The molecule has 0 aliphatic heterocycles. The molecule has 0 spiro atoms. The summed E-state index contributed by atoms with van der Waals surface area (Å²) in [5.41, 5.74) is 6.77. The van der Waals surface area contributed by atoms with Crippen LogP contribution < -0.4 is 5.73 Å². The Morgan fingerprint density at radius 3 is 2.95 bits per heavy atom. The molecule has 2 aromatic rings. The summed E-state index contributed by atoms with van der Waals surface area (Å²) >= 11 is 3.11. The van der Waals surface area contributed by atoms with Gasteiger partial charge in [-0.25, -0.2) is 9.07 Å². The van der Waals surface area contributed by atoms with Crippen LogP contribution in [0, 0.1) is 5.82 Å². The maximum Gasteiger partial charge on any atom is 0.320 e. The largest absolute Gasteiger partial charge is 0.480 e. The minimum atomic E-state index is -1.08. The highest BCUT2D eigenvalue weighted by Crippen LogP contribution is 2.17. The molecule has 106 valence electrons. The predicted molar refractivity (Wildman–Crippen MR) is 72.5 cm³/mol. The van der Waals surface area contributed by atoms with Gasteiger partial charge in [0.1, 0.15) is 11.9 Å². The van der Waals surface area contributed by atoms with E-state index < -0.39 is 12.0 Å². The summed E-state index contributed by atoms with van der Waals surface area (Å²) in [5, 5.41) is 16.5. The lowest BCUT2D eigenvalue weighted by Gasteiger charge is -2.03. The van der Waals surface area contributed by atoms with Crippen molar-refractivity contribution in [1.29, 1.82) is 0 Å². The molecule has 0 amide bonds. The third-order valence-electron chi connectivity index (χ3n) is 2.66. The number of carbonyl (C=O) groups is 1. The molecule has 1 atom stereocenters. The van der Waals surface area contributed by atoms with Crippen LogP contribution in [-0.2, 0) is 17.8 Å². The van der Waals surface area contributed by atoms with E-state index in [2.05, 4.69) is 26.2 Å². The summed E-state index contributed by atoms with van der Waals surface area (Å²) in [6.45, 7) is 0.411. The Balaban J connectivity index is 2.05. The number of carboxylic acids is 1. The monoisotopic (exact) mass is 342 g/mol. The van der Waals surface area contributed by atoms with Gasteiger partial charge in [-0.3, -0.25) is 4.79 Å². The van der Waals surface area contributed by atoms with Crippen LogP contribution in [0.25, 0.3) is 0 Å². The Hall–Kier alpha value is -1.80. The van der Waals surface area contributed by atoms with Gasteiger partial charge in [0.15, 0.2) is 0 Å². The molecule has 0 bridgehead atoms. The molecule has 0 aliphatic carbocycles. The number of carboxylic acid groups (broad SMARTS) is 1. The van der Waals surface area contributed by atoms with Crippen LogP contribution >= 0.6 is 15.9 Å². The van der Waals surface area contributed by atoms with E-state index in [1.165, 1.54) is 6.07 Å². The van der Waals surface area contributed by atoms with Crippen molar-refractivity contribution < 1.29 is 14.3 Å². The van der Waals surface area contributed by atoms with E-state index in [1.54, 1.807) is 23.0 Å². The third-order valence-corrected chi connectivity index (χ3v) is 3.27. The van der Waals surface area contributed by atoms with Crippen LogP contribution in [0.2, 0.25) is 0 Å². The summed E-state index contributed by atoms with van der Waals surface area (Å²) in [6.07, 6.45) is 1.74. The third kappa shape index (κ3) is 3.61. The van der Waals surface area contributed by atoms with Crippen LogP contribution in [0.15, 0.2) is 28.9 Å². The number of hydrogen-bond donors (Lipinski definition) is 2. The fraction of sp³-hybridized carbons (Fsp3) is 0.250. The molecular weight excluding hydrogens is 331 g/mol. The van der Waals surface area contributed by atoms with Crippen molar-refractivity contribution in [3.05, 3.63) is 45.9 Å². The molecule has 0 aliphatic rings. The van der Waals surface area contributed by atoms with Gasteiger partial charge in [-0.05, 0) is 33.6 Å². The van der Waals surface area contributed by atoms with E-state index >= 15 is 0 Å². The molecule has 20 heavy (non-hydrogen) atoms. The van der Waals surface area contributed by atoms with Gasteiger partial charge in [0.05, 0.1) is 16.7 Å². The predicted octanol–water partition coefficient (Wildman–Crippen LogP) is 1.18. The molecule has 1 heterocycles. The van der Waals surface area contributed by atoms with Gasteiger partial charge in [-0.1, -0.05) is 11.3 Å². The quantitative estimate of drug-likeness (QED) is 0.850. The van der Waals surface area contributed by atoms with Crippen molar-refractivity contribution in [2.24, 2.45) is 5.73 Å². The first kappa shape index (κ1) is 14.6. The van der Waals surface area contributed by atoms with Crippen LogP contribution in [0.1, 0.15) is 11.3 Å². The highest BCUT2D eigenvalue weighted by Gasteiger charge is 2.14. The van der Waals surface area contributed by atoms with Gasteiger partial charge in [0, 0.05) is 12.6 Å². The Bertz CT molecular complexity index is 632. The summed E-state index contributed by atoms with van der Waals surface area (Å²) in [4.78, 5) is 10.7. The summed E-state index contributed by atoms with van der Waals surface area (Å²) in [6, 6.07) is 3.65. The number of halogens is 2. The molecule has 0 radical (unpaired) electrons. The molecule has 6 nitrogen and oxygen atoms in total. The normalized spacial score (nSPS) is 12.3. The minimum absolute atomic E-state index is 0.114. The molecule has 8 heteroatoms. The van der Waals surface area contributed by atoms with E-state index in [1.807, 2.05) is 0 Å². The number of rotatable bonds is 5. The lowest BCUT2D eigenvalue weighted by molar-refractivity contribution is -0.138. The van der Waals surface area contributed by atoms with Crippen LogP contribution in [-0.4, -0.2) is 32.1 Å². The van der Waals surface area contributed by atoms with Crippen LogP contribution in [0.4, 0.5) is 4.39 Å². The van der Waals surface area contributed by atoms with Gasteiger partial charge in [-0.2, -0.15) is 0 Å². The number of aromatic nitrogens is 3. The standard InChI is InChI=1S/C12H12BrFN4O2/c13-9-3-7(1-2-10(9)14)5-18-6-8(16-17-18)4-11(15)12(19)20/h1-3,6,11H,4-5,15H2,(H,19,20). The number of benzene rings is 1. The van der Waals surface area contributed by atoms with Gasteiger partial charge < -0.3 is 10.8 Å². The van der Waals surface area contributed by atoms with E-state index in [-0.39, 0.29) is 12.2 Å². The van der Waals surface area contributed by atoms with Crippen LogP contribution in [0.5, 0.6) is 0 Å². The Kier molecular flexibility index (Phi) is 4.46. The van der Waals surface area contributed by atoms with Gasteiger partial charge >= 0.3 is 5.97 Å². The number of hydrogen-bond acceptors (Lipinski definition) is 4. The fourth-order valence-corrected chi connectivity index (χ4v) is 2.07. The van der Waals surface area contributed by atoms with Crippen molar-refractivity contribution in [1.82, 2.24) is 15.0 Å². The highest BCUT2D eigenvalue weighted by molar-refractivity contribution is 9.10.